The molecule has 7 heteroatoms. The number of sulfonamides is 1. The molecule has 0 aliphatic carbocycles. The van der Waals surface area contributed by atoms with Gasteiger partial charge in [0.05, 0.1) is 10.4 Å². The highest BCUT2D eigenvalue weighted by Crippen LogP contribution is 2.30. The predicted octanol–water partition coefficient (Wildman–Crippen LogP) is 1.09. The third kappa shape index (κ3) is 2.77. The van der Waals surface area contributed by atoms with Crippen LogP contribution < -0.4 is 4.72 Å². The third-order valence-electron chi connectivity index (χ3n) is 1.50. The Kier molecular flexibility index (Phi) is 4.08. The fourth-order valence-corrected chi connectivity index (χ4v) is 4.11. The molecule has 0 saturated carbocycles. The maximum absolute atomic E-state index is 11.5. The van der Waals surface area contributed by atoms with Gasteiger partial charge in [-0.2, -0.15) is 0 Å². The van der Waals surface area contributed by atoms with Gasteiger partial charge in [0, 0.05) is 6.54 Å². The minimum atomic E-state index is -3.45. The first-order valence-electron chi connectivity index (χ1n) is 3.84. The zero-order valence-corrected chi connectivity index (χ0v) is 10.7. The summed E-state index contributed by atoms with van der Waals surface area (Å²) < 4.78 is 26.4. The quantitative estimate of drug-likeness (QED) is 0.875. The molecule has 2 N–H and O–H groups in total. The Morgan fingerprint density at radius 2 is 2.29 bits per heavy atom. The first-order valence-corrected chi connectivity index (χ1v) is 6.93. The van der Waals surface area contributed by atoms with Crippen molar-refractivity contribution in [3.63, 3.8) is 0 Å². The van der Waals surface area contributed by atoms with Crippen LogP contribution in [0, 0.1) is 6.92 Å². The molecule has 0 aliphatic heterocycles. The topological polar surface area (TPSA) is 66.4 Å². The highest BCUT2D eigenvalue weighted by molar-refractivity contribution is 9.11. The Balaban J connectivity index is 2.93. The van der Waals surface area contributed by atoms with Gasteiger partial charge in [-0.1, -0.05) is 0 Å². The molecule has 1 rings (SSSR count). The average molecular weight is 300 g/mol. The maximum atomic E-state index is 11.5. The Bertz CT molecular complexity index is 393. The van der Waals surface area contributed by atoms with Crippen molar-refractivity contribution in [3.05, 3.63) is 15.4 Å². The number of hydrogen-bond donors (Lipinski definition) is 2. The average Bonchev–Trinajstić information content (AvgIpc) is 2.45. The number of rotatable bonds is 4. The lowest BCUT2D eigenvalue weighted by Gasteiger charge is -2.00. The highest BCUT2D eigenvalue weighted by Gasteiger charge is 2.17. The van der Waals surface area contributed by atoms with E-state index < -0.39 is 10.0 Å². The lowest BCUT2D eigenvalue weighted by molar-refractivity contribution is 0.301. The van der Waals surface area contributed by atoms with Crippen LogP contribution in [0.15, 0.2) is 14.1 Å². The predicted molar refractivity (Wildman–Crippen MR) is 59.0 cm³/mol. The Morgan fingerprint density at radius 3 is 2.71 bits per heavy atom. The first-order chi connectivity index (χ1) is 6.47. The minimum Gasteiger partial charge on any atom is -0.395 e. The Morgan fingerprint density at radius 1 is 1.64 bits per heavy atom. The van der Waals surface area contributed by atoms with Crippen molar-refractivity contribution in [2.75, 3.05) is 13.2 Å². The summed E-state index contributed by atoms with van der Waals surface area (Å²) in [5, 5.41) is 8.50. The number of thiophene rings is 1. The van der Waals surface area contributed by atoms with Gasteiger partial charge in [-0.15, -0.1) is 11.3 Å². The summed E-state index contributed by atoms with van der Waals surface area (Å²) in [6.07, 6.45) is 0. The molecule has 0 fully saturated rings. The molecule has 1 aromatic rings. The van der Waals surface area contributed by atoms with Gasteiger partial charge in [0.1, 0.15) is 4.21 Å². The summed E-state index contributed by atoms with van der Waals surface area (Å²) in [7, 11) is -3.45. The van der Waals surface area contributed by atoms with Gasteiger partial charge < -0.3 is 5.11 Å². The molecule has 0 amide bonds. The van der Waals surface area contributed by atoms with Crippen molar-refractivity contribution in [2.45, 2.75) is 11.1 Å². The van der Waals surface area contributed by atoms with E-state index >= 15 is 0 Å². The molecule has 0 unspecified atom stereocenters. The number of nitrogens with one attached hydrogen (secondary N) is 1. The summed E-state index contributed by atoms with van der Waals surface area (Å²) in [5.41, 5.74) is 0.888. The smallest absolute Gasteiger partial charge is 0.250 e. The zero-order chi connectivity index (χ0) is 10.8. The molecular weight excluding hydrogens is 290 g/mol. The number of aliphatic hydroxyl groups is 1. The summed E-state index contributed by atoms with van der Waals surface area (Å²) >= 11 is 4.41. The van der Waals surface area contributed by atoms with E-state index in [0.29, 0.717) is 0 Å². The van der Waals surface area contributed by atoms with Gasteiger partial charge in [0.15, 0.2) is 0 Å². The molecule has 80 valence electrons. The molecule has 4 nitrogen and oxygen atoms in total. The van der Waals surface area contributed by atoms with Crippen LogP contribution in [0.3, 0.4) is 0 Å². The molecule has 1 aromatic heterocycles. The van der Waals surface area contributed by atoms with E-state index in [1.807, 2.05) is 6.92 Å². The molecule has 0 aliphatic rings. The maximum Gasteiger partial charge on any atom is 0.250 e. The zero-order valence-electron chi connectivity index (χ0n) is 7.45. The van der Waals surface area contributed by atoms with Crippen LogP contribution in [-0.2, 0) is 10.0 Å². The van der Waals surface area contributed by atoms with Crippen molar-refractivity contribution in [3.8, 4) is 0 Å². The van der Waals surface area contributed by atoms with Gasteiger partial charge >= 0.3 is 0 Å². The van der Waals surface area contributed by atoms with Crippen molar-refractivity contribution in [1.82, 2.24) is 4.72 Å². The molecule has 0 spiro atoms. The fraction of sp³-hybridized carbons (Fsp3) is 0.429. The van der Waals surface area contributed by atoms with Gasteiger partial charge in [-0.3, -0.25) is 0 Å². The second-order valence-electron chi connectivity index (χ2n) is 2.64. The standard InChI is InChI=1S/C7H10BrNO3S2/c1-5-4-6(13-7(5)8)14(11,12)9-2-3-10/h4,9-10H,2-3H2,1H3. The summed E-state index contributed by atoms with van der Waals surface area (Å²) in [5.74, 6) is 0. The molecule has 0 radical (unpaired) electrons. The van der Waals surface area contributed by atoms with E-state index in [1.54, 1.807) is 6.07 Å². The molecule has 14 heavy (non-hydrogen) atoms. The van der Waals surface area contributed by atoms with Gasteiger partial charge in [0.25, 0.3) is 0 Å². The summed E-state index contributed by atoms with van der Waals surface area (Å²) in [4.78, 5) is 0. The summed E-state index contributed by atoms with van der Waals surface area (Å²) in [6.45, 7) is 1.66. The first kappa shape index (κ1) is 12.1. The molecular formula is C7H10BrNO3S2. The van der Waals surface area contributed by atoms with E-state index in [2.05, 4.69) is 20.7 Å². The number of halogens is 1. The Labute approximate surface area is 95.1 Å². The van der Waals surface area contributed by atoms with Crippen LogP contribution in [0.4, 0.5) is 0 Å². The molecule has 0 saturated heterocycles. The second kappa shape index (κ2) is 4.71. The largest absolute Gasteiger partial charge is 0.395 e. The third-order valence-corrected chi connectivity index (χ3v) is 5.57. The van der Waals surface area contributed by atoms with Crippen LogP contribution in [0.25, 0.3) is 0 Å². The van der Waals surface area contributed by atoms with Crippen LogP contribution in [0.1, 0.15) is 5.56 Å². The van der Waals surface area contributed by atoms with Crippen LogP contribution in [-0.4, -0.2) is 26.7 Å². The Hall–Kier alpha value is 0.0500. The monoisotopic (exact) mass is 299 g/mol. The number of aliphatic hydroxyl groups excluding tert-OH is 1. The van der Waals surface area contributed by atoms with Gasteiger partial charge in [-0.05, 0) is 34.5 Å². The molecule has 1 heterocycles. The highest BCUT2D eigenvalue weighted by atomic mass is 79.9. The van der Waals surface area contributed by atoms with E-state index in [-0.39, 0.29) is 17.4 Å². The van der Waals surface area contributed by atoms with Crippen molar-refractivity contribution >= 4 is 37.3 Å². The lowest BCUT2D eigenvalue weighted by Crippen LogP contribution is -2.25. The van der Waals surface area contributed by atoms with Crippen molar-refractivity contribution < 1.29 is 13.5 Å². The molecule has 0 aromatic carbocycles. The molecule has 0 atom stereocenters. The van der Waals surface area contributed by atoms with Crippen LogP contribution in [0.2, 0.25) is 0 Å². The van der Waals surface area contributed by atoms with Crippen LogP contribution in [0.5, 0.6) is 0 Å². The van der Waals surface area contributed by atoms with E-state index in [1.165, 1.54) is 0 Å². The van der Waals surface area contributed by atoms with Gasteiger partial charge in [0.2, 0.25) is 10.0 Å². The van der Waals surface area contributed by atoms with Crippen molar-refractivity contribution in [2.24, 2.45) is 0 Å². The van der Waals surface area contributed by atoms with Gasteiger partial charge in [-0.25, -0.2) is 13.1 Å². The van der Waals surface area contributed by atoms with Crippen molar-refractivity contribution in [1.29, 1.82) is 0 Å². The van der Waals surface area contributed by atoms with E-state index in [9.17, 15) is 8.42 Å². The summed E-state index contributed by atoms with van der Waals surface area (Å²) in [6, 6.07) is 1.59. The number of hydrogen-bond acceptors (Lipinski definition) is 4. The van der Waals surface area contributed by atoms with Crippen LogP contribution >= 0.6 is 27.3 Å². The fourth-order valence-electron chi connectivity index (χ4n) is 0.815. The normalized spacial score (nSPS) is 11.9. The number of aryl methyl sites for hydroxylation is 1. The second-order valence-corrected chi connectivity index (χ2v) is 7.01. The van der Waals surface area contributed by atoms with E-state index in [0.717, 1.165) is 20.7 Å². The lowest BCUT2D eigenvalue weighted by atomic mass is 10.4. The minimum absolute atomic E-state index is 0.0386. The SMILES string of the molecule is Cc1cc(S(=O)(=O)NCCO)sc1Br. The van der Waals surface area contributed by atoms with E-state index in [4.69, 9.17) is 5.11 Å². The molecule has 0 bridgehead atoms.